The normalized spacial score (nSPS) is 16.4. The van der Waals surface area contributed by atoms with Gasteiger partial charge in [-0.15, -0.1) is 0 Å². The van der Waals surface area contributed by atoms with Crippen LogP contribution in [0.25, 0.3) is 34.2 Å². The van der Waals surface area contributed by atoms with Gasteiger partial charge in [-0.25, -0.2) is 9.13 Å². The quantitative estimate of drug-likeness (QED) is 0.209. The number of ether oxygens (including phenoxy) is 1. The van der Waals surface area contributed by atoms with Crippen molar-refractivity contribution in [2.75, 3.05) is 20.2 Å². The summed E-state index contributed by atoms with van der Waals surface area (Å²) in [5, 5.41) is 24.8. The lowest BCUT2D eigenvalue weighted by molar-refractivity contribution is 0.146. The van der Waals surface area contributed by atoms with Crippen LogP contribution in [-0.4, -0.2) is 65.4 Å². The largest absolute Gasteiger partial charge is 0.473 e. The summed E-state index contributed by atoms with van der Waals surface area (Å²) in [4.78, 5) is 2.23. The number of likely N-dealkylation sites (N-methyl/N-ethyl adjacent to an activating group) is 1. The van der Waals surface area contributed by atoms with Crippen molar-refractivity contribution in [3.8, 4) is 17.0 Å². The number of aryl methyl sites for hydroxylation is 2. The molecule has 0 spiro atoms. The zero-order valence-corrected chi connectivity index (χ0v) is 27.4. The van der Waals surface area contributed by atoms with Crippen molar-refractivity contribution in [2.24, 2.45) is 7.05 Å². The molecular weight excluding hydrogens is 624 g/mol. The van der Waals surface area contributed by atoms with Crippen LogP contribution in [0.5, 0.6) is 5.88 Å². The molecule has 0 saturated heterocycles. The Morgan fingerprint density at radius 3 is 2.56 bits per heavy atom. The molecule has 212 valence electrons. The molecule has 4 aromatic rings. The predicted molar refractivity (Wildman–Crippen MR) is 172 cm³/mol. The number of fused-ring (bicyclic) bond motifs is 4. The van der Waals surface area contributed by atoms with Crippen LogP contribution in [0.2, 0.25) is 0 Å². The summed E-state index contributed by atoms with van der Waals surface area (Å²) in [5.74, 6) is 0.752. The number of nitrogens with zero attached hydrogens (tertiary/aromatic N) is 7. The third-order valence-corrected chi connectivity index (χ3v) is 8.16. The molecule has 9 nitrogen and oxygen atoms in total. The molecule has 0 aliphatic carbocycles. The minimum Gasteiger partial charge on any atom is -0.473 e. The van der Waals surface area contributed by atoms with Crippen molar-refractivity contribution in [2.45, 2.75) is 60.7 Å². The second-order valence-electron chi connectivity index (χ2n) is 8.95. The van der Waals surface area contributed by atoms with Crippen LogP contribution < -0.4 is 4.74 Å². The standard InChI is InChI=1S/C24H29IN7O2P.2C2H6/c1-15-13-29(3)14-23-18(16(2)27-31(23)9-10-33)6-7-21-19-11-17(5-8-22(19)32(28-21)35-25)20-12-26-30(4)24(20)34-15;2*1-2/h5-8,11-12,15,33,35H,9-10,13-14H2,1-4H3;2*1-2H3/b7-6+;;. The molecule has 3 aromatic heterocycles. The Bertz CT molecular complexity index is 1410. The Hall–Kier alpha value is -2.27. The van der Waals surface area contributed by atoms with Gasteiger partial charge in [0.2, 0.25) is 5.88 Å². The van der Waals surface area contributed by atoms with Gasteiger partial charge in [0.25, 0.3) is 0 Å². The van der Waals surface area contributed by atoms with Gasteiger partial charge in [0.15, 0.2) is 0 Å². The van der Waals surface area contributed by atoms with Gasteiger partial charge in [-0.3, -0.25) is 9.58 Å². The smallest absolute Gasteiger partial charge is 0.219 e. The monoisotopic (exact) mass is 665 g/mol. The second kappa shape index (κ2) is 14.4. The fourth-order valence-electron chi connectivity index (χ4n) is 4.72. The molecule has 11 heteroatoms. The van der Waals surface area contributed by atoms with E-state index in [0.717, 1.165) is 57.1 Å². The summed E-state index contributed by atoms with van der Waals surface area (Å²) in [6.45, 7) is 14.0. The number of benzene rings is 1. The summed E-state index contributed by atoms with van der Waals surface area (Å²) in [6.07, 6.45) is 6.50. The average Bonchev–Trinajstić information content (AvgIpc) is 3.57. The molecule has 4 heterocycles. The molecule has 2 bridgehead atoms. The number of halogens is 1. The van der Waals surface area contributed by atoms with Gasteiger partial charge < -0.3 is 9.84 Å². The summed E-state index contributed by atoms with van der Waals surface area (Å²) in [6, 6.07) is 6.42. The fraction of sp³-hybridized carbons (Fsp3) is 0.464. The van der Waals surface area contributed by atoms with E-state index in [2.05, 4.69) is 76.4 Å². The van der Waals surface area contributed by atoms with E-state index in [0.29, 0.717) is 19.5 Å². The summed E-state index contributed by atoms with van der Waals surface area (Å²) >= 11 is 2.36. The van der Waals surface area contributed by atoms with Crippen molar-refractivity contribution >= 4 is 51.5 Å². The molecule has 0 fully saturated rings. The van der Waals surface area contributed by atoms with Crippen LogP contribution in [0.1, 0.15) is 57.3 Å². The third kappa shape index (κ3) is 6.73. The van der Waals surface area contributed by atoms with Gasteiger partial charge in [-0.1, -0.05) is 33.8 Å². The molecule has 1 N–H and O–H groups in total. The zero-order chi connectivity index (χ0) is 28.7. The highest BCUT2D eigenvalue weighted by molar-refractivity contribution is 14.2. The van der Waals surface area contributed by atoms with Crippen LogP contribution in [0.15, 0.2) is 24.4 Å². The number of hydrogen-bond acceptors (Lipinski definition) is 6. The molecule has 2 unspecified atom stereocenters. The van der Waals surface area contributed by atoms with E-state index in [4.69, 9.17) is 14.9 Å². The van der Waals surface area contributed by atoms with Crippen LogP contribution in [0.4, 0.5) is 0 Å². The fourth-order valence-corrected chi connectivity index (χ4v) is 6.25. The van der Waals surface area contributed by atoms with Crippen molar-refractivity contribution < 1.29 is 9.84 Å². The summed E-state index contributed by atoms with van der Waals surface area (Å²) in [7, 11) is 3.99. The second-order valence-corrected chi connectivity index (χ2v) is 11.0. The highest BCUT2D eigenvalue weighted by Crippen LogP contribution is 2.36. The Kier molecular flexibility index (Phi) is 11.5. The van der Waals surface area contributed by atoms with E-state index in [1.807, 2.05) is 57.0 Å². The van der Waals surface area contributed by atoms with E-state index >= 15 is 0 Å². The van der Waals surface area contributed by atoms with E-state index in [-0.39, 0.29) is 12.7 Å². The number of aliphatic hydroxyl groups excluding tert-OH is 1. The van der Waals surface area contributed by atoms with Crippen molar-refractivity contribution in [3.63, 3.8) is 0 Å². The van der Waals surface area contributed by atoms with Gasteiger partial charge in [-0.05, 0) is 72.8 Å². The maximum Gasteiger partial charge on any atom is 0.219 e. The van der Waals surface area contributed by atoms with Gasteiger partial charge in [0.05, 0.1) is 53.9 Å². The van der Waals surface area contributed by atoms with Crippen LogP contribution in [0.3, 0.4) is 0 Å². The van der Waals surface area contributed by atoms with Gasteiger partial charge in [-0.2, -0.15) is 15.3 Å². The lowest BCUT2D eigenvalue weighted by Gasteiger charge is -2.23. The molecule has 1 aliphatic rings. The minimum atomic E-state index is -0.0594. The van der Waals surface area contributed by atoms with E-state index in [1.54, 1.807) is 4.68 Å². The molecule has 1 aromatic carbocycles. The predicted octanol–water partition coefficient (Wildman–Crippen LogP) is 6.16. The lowest BCUT2D eigenvalue weighted by Crippen LogP contribution is -2.32. The van der Waals surface area contributed by atoms with Crippen LogP contribution >= 0.6 is 28.4 Å². The number of aromatic nitrogens is 6. The first-order valence-corrected chi connectivity index (χ1v) is 17.6. The molecule has 0 saturated carbocycles. The molecule has 39 heavy (non-hydrogen) atoms. The summed E-state index contributed by atoms with van der Waals surface area (Å²) < 4.78 is 12.2. The van der Waals surface area contributed by atoms with E-state index in [9.17, 15) is 5.11 Å². The van der Waals surface area contributed by atoms with Crippen LogP contribution in [0, 0.1) is 6.92 Å². The number of rotatable bonds is 3. The highest BCUT2D eigenvalue weighted by atomic mass is 127. The maximum atomic E-state index is 9.62. The average molecular weight is 666 g/mol. The third-order valence-electron chi connectivity index (χ3n) is 6.29. The van der Waals surface area contributed by atoms with E-state index in [1.165, 1.54) is 0 Å². The summed E-state index contributed by atoms with van der Waals surface area (Å²) in [5.41, 5.74) is 7.10. The molecule has 1 aliphatic heterocycles. The minimum absolute atomic E-state index is 0.0399. The molecule has 0 radical (unpaired) electrons. The van der Waals surface area contributed by atoms with Gasteiger partial charge >= 0.3 is 0 Å². The Balaban J connectivity index is 0.00000100. The molecule has 5 rings (SSSR count). The first-order chi connectivity index (χ1) is 18.9. The van der Waals surface area contributed by atoms with Crippen LogP contribution in [-0.2, 0) is 20.1 Å². The van der Waals surface area contributed by atoms with Gasteiger partial charge in [0, 0.05) is 31.1 Å². The van der Waals surface area contributed by atoms with Crippen molar-refractivity contribution in [1.29, 1.82) is 0 Å². The Morgan fingerprint density at radius 1 is 1.13 bits per heavy atom. The number of hydrogen-bond donors (Lipinski definition) is 1. The zero-order valence-electron chi connectivity index (χ0n) is 24.2. The topological polar surface area (TPSA) is 86.2 Å². The number of aliphatic hydroxyl groups is 1. The maximum absolute atomic E-state index is 9.62. The molecular formula is C28H41IN7O2P. The molecule has 0 amide bonds. The van der Waals surface area contributed by atoms with Crippen molar-refractivity contribution in [3.05, 3.63) is 47.0 Å². The van der Waals surface area contributed by atoms with E-state index < -0.39 is 0 Å². The first kappa shape index (κ1) is 31.3. The first-order valence-electron chi connectivity index (χ1n) is 13.5. The molecule has 2 atom stereocenters. The van der Waals surface area contributed by atoms with Gasteiger partial charge in [0.1, 0.15) is 6.10 Å². The Morgan fingerprint density at radius 2 is 1.87 bits per heavy atom. The SMILES string of the molecule is CC.CC.Cc1nn(CCO)c2c1/C=C/c1nn(PI)c3ccc(cc13)-c1cnn(C)c1OC(C)CN(C)C2. The lowest BCUT2D eigenvalue weighted by atomic mass is 10.0. The van der Waals surface area contributed by atoms with Crippen molar-refractivity contribution in [1.82, 2.24) is 34.0 Å². The Labute approximate surface area is 246 Å². The highest BCUT2D eigenvalue weighted by Gasteiger charge is 2.21.